The molecule has 126 valence electrons. The maximum Gasteiger partial charge on any atom is 0.253 e. The van der Waals surface area contributed by atoms with Crippen LogP contribution in [0.25, 0.3) is 0 Å². The van der Waals surface area contributed by atoms with Crippen LogP contribution in [0.2, 0.25) is 0 Å². The van der Waals surface area contributed by atoms with E-state index >= 15 is 0 Å². The van der Waals surface area contributed by atoms with Gasteiger partial charge in [-0.2, -0.15) is 0 Å². The Morgan fingerprint density at radius 3 is 3.09 bits per heavy atom. The van der Waals surface area contributed by atoms with Crippen molar-refractivity contribution in [2.24, 2.45) is 0 Å². The lowest BCUT2D eigenvalue weighted by Crippen LogP contribution is -2.50. The van der Waals surface area contributed by atoms with Gasteiger partial charge in [-0.1, -0.05) is 6.08 Å². The highest BCUT2D eigenvalue weighted by molar-refractivity contribution is 5.94. The van der Waals surface area contributed by atoms with Crippen LogP contribution in [0.5, 0.6) is 0 Å². The van der Waals surface area contributed by atoms with E-state index < -0.39 is 0 Å². The number of nitrogens with one attached hydrogen (secondary N) is 2. The predicted molar refractivity (Wildman–Crippen MR) is 91.7 cm³/mol. The Labute approximate surface area is 137 Å². The Kier molecular flexibility index (Phi) is 6.55. The maximum atomic E-state index is 11.8. The minimum Gasteiger partial charge on any atom is -0.379 e. The van der Waals surface area contributed by atoms with E-state index in [0.29, 0.717) is 24.2 Å². The lowest BCUT2D eigenvalue weighted by atomic mass is 10.2. The number of carbonyl (C=O) groups excluding carboxylic acids is 1. The number of aromatic nitrogens is 1. The molecule has 1 saturated heterocycles. The number of pyridine rings is 1. The molecule has 1 amide bonds. The average Bonchev–Trinajstić information content (AvgIpc) is 2.58. The molecule has 2 rings (SSSR count). The van der Waals surface area contributed by atoms with Crippen molar-refractivity contribution in [3.05, 3.63) is 36.5 Å². The molecular weight excluding hydrogens is 292 g/mol. The zero-order valence-corrected chi connectivity index (χ0v) is 13.9. The minimum absolute atomic E-state index is 0.139. The molecule has 0 bridgehead atoms. The Hall–Kier alpha value is -1.92. The fourth-order valence-electron chi connectivity index (χ4n) is 2.66. The number of carbonyl (C=O) groups is 1. The van der Waals surface area contributed by atoms with Crippen molar-refractivity contribution in [3.63, 3.8) is 0 Å². The van der Waals surface area contributed by atoms with E-state index in [-0.39, 0.29) is 5.91 Å². The zero-order chi connectivity index (χ0) is 16.7. The van der Waals surface area contributed by atoms with Crippen LogP contribution in [-0.4, -0.2) is 60.7 Å². The molecule has 1 aromatic rings. The van der Waals surface area contributed by atoms with Gasteiger partial charge < -0.3 is 15.4 Å². The molecule has 0 aliphatic carbocycles. The molecule has 0 radical (unpaired) electrons. The third-order valence-corrected chi connectivity index (χ3v) is 4.00. The van der Waals surface area contributed by atoms with E-state index in [0.717, 1.165) is 32.1 Å². The first-order chi connectivity index (χ1) is 11.1. The molecule has 2 heterocycles. The van der Waals surface area contributed by atoms with Gasteiger partial charge in [-0.05, 0) is 26.0 Å². The fourth-order valence-corrected chi connectivity index (χ4v) is 2.66. The molecule has 0 spiro atoms. The summed E-state index contributed by atoms with van der Waals surface area (Å²) in [6.07, 6.45) is 3.23. The number of hydrogen-bond acceptors (Lipinski definition) is 5. The summed E-state index contributed by atoms with van der Waals surface area (Å²) >= 11 is 0. The van der Waals surface area contributed by atoms with Crippen molar-refractivity contribution < 1.29 is 9.53 Å². The summed E-state index contributed by atoms with van der Waals surface area (Å²) in [5, 5.41) is 6.06. The molecule has 1 aromatic heterocycles. The number of nitrogens with zero attached hydrogens (tertiary/aromatic N) is 2. The van der Waals surface area contributed by atoms with Gasteiger partial charge in [0.25, 0.3) is 5.91 Å². The fraction of sp³-hybridized carbons (Fsp3) is 0.529. The van der Waals surface area contributed by atoms with Crippen LogP contribution >= 0.6 is 0 Å². The van der Waals surface area contributed by atoms with Crippen molar-refractivity contribution in [1.82, 2.24) is 15.2 Å². The summed E-state index contributed by atoms with van der Waals surface area (Å²) in [5.74, 6) is 0.637. The van der Waals surface area contributed by atoms with Crippen molar-refractivity contribution in [1.29, 1.82) is 0 Å². The summed E-state index contributed by atoms with van der Waals surface area (Å²) in [6, 6.07) is 4.43. The molecule has 23 heavy (non-hydrogen) atoms. The molecule has 0 saturated carbocycles. The van der Waals surface area contributed by atoms with Crippen LogP contribution in [0.3, 0.4) is 0 Å². The highest BCUT2D eigenvalue weighted by Gasteiger charge is 2.23. The first kappa shape index (κ1) is 17.4. The van der Waals surface area contributed by atoms with Crippen molar-refractivity contribution in [2.45, 2.75) is 25.9 Å². The first-order valence-corrected chi connectivity index (χ1v) is 8.04. The Balaban J connectivity index is 1.83. The standard InChI is InChI=1S/C17H26N4O2/c1-4-7-18-17(22)15-5-6-16(20-11-15)19-10-13(2)21-8-9-23-12-14(21)3/h4-6,11,13-14H,1,7-10,12H2,2-3H3,(H,18,22)(H,19,20)/t13-,14+/m0/s1. The van der Waals surface area contributed by atoms with Gasteiger partial charge in [-0.15, -0.1) is 6.58 Å². The van der Waals surface area contributed by atoms with Gasteiger partial charge in [0.1, 0.15) is 5.82 Å². The Bertz CT molecular complexity index is 518. The smallest absolute Gasteiger partial charge is 0.253 e. The number of morpholine rings is 1. The van der Waals surface area contributed by atoms with Gasteiger partial charge in [-0.3, -0.25) is 9.69 Å². The quantitative estimate of drug-likeness (QED) is 0.746. The number of rotatable bonds is 7. The van der Waals surface area contributed by atoms with Crippen molar-refractivity contribution >= 4 is 11.7 Å². The number of amides is 1. The molecule has 2 atom stereocenters. The number of ether oxygens (including phenoxy) is 1. The number of hydrogen-bond donors (Lipinski definition) is 2. The molecule has 0 unspecified atom stereocenters. The van der Waals surface area contributed by atoms with Gasteiger partial charge in [0.2, 0.25) is 0 Å². The van der Waals surface area contributed by atoms with Crippen LogP contribution in [-0.2, 0) is 4.74 Å². The highest BCUT2D eigenvalue weighted by atomic mass is 16.5. The van der Waals surface area contributed by atoms with E-state index in [1.54, 1.807) is 18.3 Å². The summed E-state index contributed by atoms with van der Waals surface area (Å²) in [5.41, 5.74) is 0.548. The maximum absolute atomic E-state index is 11.8. The highest BCUT2D eigenvalue weighted by Crippen LogP contribution is 2.12. The lowest BCUT2D eigenvalue weighted by molar-refractivity contribution is -0.0159. The van der Waals surface area contributed by atoms with Crippen LogP contribution in [0.4, 0.5) is 5.82 Å². The Morgan fingerprint density at radius 2 is 2.43 bits per heavy atom. The molecule has 1 fully saturated rings. The van der Waals surface area contributed by atoms with Crippen LogP contribution in [0.1, 0.15) is 24.2 Å². The van der Waals surface area contributed by atoms with Gasteiger partial charge >= 0.3 is 0 Å². The second-order valence-electron chi connectivity index (χ2n) is 5.82. The van der Waals surface area contributed by atoms with Gasteiger partial charge in [0, 0.05) is 37.9 Å². The molecule has 6 heteroatoms. The summed E-state index contributed by atoms with van der Waals surface area (Å²) in [4.78, 5) is 18.5. The molecule has 1 aliphatic heterocycles. The van der Waals surface area contributed by atoms with Crippen molar-refractivity contribution in [2.75, 3.05) is 38.2 Å². The minimum atomic E-state index is -0.139. The molecule has 0 aromatic carbocycles. The van der Waals surface area contributed by atoms with Crippen LogP contribution in [0, 0.1) is 0 Å². The van der Waals surface area contributed by atoms with E-state index in [4.69, 9.17) is 4.74 Å². The second-order valence-corrected chi connectivity index (χ2v) is 5.82. The summed E-state index contributed by atoms with van der Waals surface area (Å²) in [7, 11) is 0. The third kappa shape index (κ3) is 5.04. The summed E-state index contributed by atoms with van der Waals surface area (Å²) in [6.45, 7) is 11.8. The monoisotopic (exact) mass is 318 g/mol. The SMILES string of the molecule is C=CCNC(=O)c1ccc(NC[C@H](C)N2CCOC[C@H]2C)nc1. The van der Waals surface area contributed by atoms with E-state index in [1.807, 2.05) is 6.07 Å². The molecule has 2 N–H and O–H groups in total. The van der Waals surface area contributed by atoms with Gasteiger partial charge in [-0.25, -0.2) is 4.98 Å². The van der Waals surface area contributed by atoms with Crippen LogP contribution in [0.15, 0.2) is 31.0 Å². The topological polar surface area (TPSA) is 66.5 Å². The molecule has 6 nitrogen and oxygen atoms in total. The first-order valence-electron chi connectivity index (χ1n) is 8.04. The van der Waals surface area contributed by atoms with Crippen molar-refractivity contribution in [3.8, 4) is 0 Å². The van der Waals surface area contributed by atoms with E-state index in [9.17, 15) is 4.79 Å². The molecule has 1 aliphatic rings. The van der Waals surface area contributed by atoms with Crippen LogP contribution < -0.4 is 10.6 Å². The zero-order valence-electron chi connectivity index (χ0n) is 13.9. The third-order valence-electron chi connectivity index (χ3n) is 4.00. The largest absolute Gasteiger partial charge is 0.379 e. The normalized spacial score (nSPS) is 19.8. The average molecular weight is 318 g/mol. The van der Waals surface area contributed by atoms with Gasteiger partial charge in [0.05, 0.1) is 18.8 Å². The van der Waals surface area contributed by atoms with Gasteiger partial charge in [0.15, 0.2) is 0 Å². The summed E-state index contributed by atoms with van der Waals surface area (Å²) < 4.78 is 5.47. The Morgan fingerprint density at radius 1 is 1.61 bits per heavy atom. The predicted octanol–water partition coefficient (Wildman–Crippen LogP) is 1.52. The molecular formula is C17H26N4O2. The lowest BCUT2D eigenvalue weighted by Gasteiger charge is -2.37. The van der Waals surface area contributed by atoms with E-state index in [2.05, 4.69) is 40.9 Å². The van der Waals surface area contributed by atoms with E-state index in [1.165, 1.54) is 0 Å². The second kappa shape index (κ2) is 8.64. The number of anilines is 1.